The molecule has 2 N–H and O–H groups in total. The Balaban J connectivity index is 2.22. The topological polar surface area (TPSA) is 49.7 Å². The third kappa shape index (κ3) is 4.42. The van der Waals surface area contributed by atoms with Crippen LogP contribution in [0.15, 0.2) is 30.3 Å². The van der Waals surface area contributed by atoms with Gasteiger partial charge in [0, 0.05) is 0 Å². The zero-order valence-corrected chi connectivity index (χ0v) is 8.97. The molecule has 0 aliphatic carbocycles. The van der Waals surface area contributed by atoms with E-state index in [0.29, 0.717) is 13.0 Å². The van der Waals surface area contributed by atoms with Crippen molar-refractivity contribution in [1.82, 2.24) is 0 Å². The summed E-state index contributed by atoms with van der Waals surface area (Å²) in [4.78, 5) is 0. The summed E-state index contributed by atoms with van der Waals surface area (Å²) in [7, 11) is 0. The molecule has 1 aromatic carbocycles. The molecule has 15 heavy (non-hydrogen) atoms. The summed E-state index contributed by atoms with van der Waals surface area (Å²) in [6.45, 7) is 2.46. The molecule has 0 saturated heterocycles. The first kappa shape index (κ1) is 12.2. The van der Waals surface area contributed by atoms with Crippen molar-refractivity contribution >= 4 is 0 Å². The number of rotatable bonds is 6. The van der Waals surface area contributed by atoms with Crippen LogP contribution in [0.1, 0.15) is 18.9 Å². The van der Waals surface area contributed by atoms with Gasteiger partial charge in [0.05, 0.1) is 19.3 Å². The fourth-order valence-corrected chi connectivity index (χ4v) is 1.25. The molecule has 3 heteroatoms. The van der Waals surface area contributed by atoms with E-state index in [4.69, 9.17) is 4.74 Å². The first-order valence-corrected chi connectivity index (χ1v) is 5.21. The second-order valence-corrected chi connectivity index (χ2v) is 3.54. The van der Waals surface area contributed by atoms with Crippen molar-refractivity contribution in [2.24, 2.45) is 0 Å². The maximum absolute atomic E-state index is 9.42. The molecule has 0 spiro atoms. The van der Waals surface area contributed by atoms with Gasteiger partial charge < -0.3 is 14.9 Å². The fourth-order valence-electron chi connectivity index (χ4n) is 1.25. The molecule has 0 fully saturated rings. The number of ether oxygens (including phenoxy) is 1. The lowest BCUT2D eigenvalue weighted by atomic mass is 10.2. The van der Waals surface area contributed by atoms with Crippen molar-refractivity contribution in [2.75, 3.05) is 6.61 Å². The van der Waals surface area contributed by atoms with Crippen molar-refractivity contribution in [3.63, 3.8) is 0 Å². The zero-order chi connectivity index (χ0) is 11.1. The minimum atomic E-state index is -0.793. The number of aliphatic hydroxyl groups excluding tert-OH is 2. The molecule has 0 saturated carbocycles. The summed E-state index contributed by atoms with van der Waals surface area (Å²) < 4.78 is 5.29. The minimum Gasteiger partial charge on any atom is -0.390 e. The lowest BCUT2D eigenvalue weighted by Gasteiger charge is -2.15. The van der Waals surface area contributed by atoms with Gasteiger partial charge in [-0.25, -0.2) is 0 Å². The Kier molecular flexibility index (Phi) is 5.32. The zero-order valence-electron chi connectivity index (χ0n) is 8.97. The minimum absolute atomic E-state index is 0.171. The summed E-state index contributed by atoms with van der Waals surface area (Å²) in [5.41, 5.74) is 1.07. The molecule has 0 amide bonds. The van der Waals surface area contributed by atoms with Crippen molar-refractivity contribution < 1.29 is 14.9 Å². The number of hydrogen-bond donors (Lipinski definition) is 2. The van der Waals surface area contributed by atoms with Crippen LogP contribution in [0.3, 0.4) is 0 Å². The van der Waals surface area contributed by atoms with Gasteiger partial charge in [0.25, 0.3) is 0 Å². The van der Waals surface area contributed by atoms with Crippen LogP contribution in [0, 0.1) is 0 Å². The van der Waals surface area contributed by atoms with Gasteiger partial charge in [0.1, 0.15) is 6.10 Å². The van der Waals surface area contributed by atoms with Gasteiger partial charge in [-0.05, 0) is 12.0 Å². The van der Waals surface area contributed by atoms with E-state index < -0.39 is 12.2 Å². The van der Waals surface area contributed by atoms with Crippen molar-refractivity contribution in [3.8, 4) is 0 Å². The van der Waals surface area contributed by atoms with Crippen molar-refractivity contribution in [2.45, 2.75) is 32.2 Å². The molecule has 84 valence electrons. The Bertz CT molecular complexity index is 261. The maximum Gasteiger partial charge on any atom is 0.103 e. The fraction of sp³-hybridized carbons (Fsp3) is 0.500. The largest absolute Gasteiger partial charge is 0.390 e. The van der Waals surface area contributed by atoms with Crippen LogP contribution in [0.2, 0.25) is 0 Å². The standard InChI is InChI=1S/C12H18O3/c1-2-11(13)12(14)9-15-8-10-6-4-3-5-7-10/h3-7,11-14H,2,8-9H2,1H3/t11-,12-/m0/s1. The molecule has 0 bridgehead atoms. The monoisotopic (exact) mass is 210 g/mol. The average molecular weight is 210 g/mol. The smallest absolute Gasteiger partial charge is 0.103 e. The van der Waals surface area contributed by atoms with Gasteiger partial charge in [-0.3, -0.25) is 0 Å². The Hall–Kier alpha value is -0.900. The van der Waals surface area contributed by atoms with E-state index in [1.54, 1.807) is 0 Å². The van der Waals surface area contributed by atoms with Gasteiger partial charge in [-0.2, -0.15) is 0 Å². The van der Waals surface area contributed by atoms with Crippen LogP contribution in [-0.2, 0) is 11.3 Å². The summed E-state index contributed by atoms with van der Waals surface area (Å²) in [6, 6.07) is 9.75. The van der Waals surface area contributed by atoms with E-state index in [-0.39, 0.29) is 6.61 Å². The predicted octanol–water partition coefficient (Wildman–Crippen LogP) is 1.33. The van der Waals surface area contributed by atoms with E-state index in [1.165, 1.54) is 0 Å². The van der Waals surface area contributed by atoms with Crippen LogP contribution in [0.4, 0.5) is 0 Å². The molecule has 2 atom stereocenters. The Labute approximate surface area is 90.3 Å². The van der Waals surface area contributed by atoms with Crippen LogP contribution in [0.25, 0.3) is 0 Å². The molecule has 0 aliphatic heterocycles. The highest BCUT2D eigenvalue weighted by Gasteiger charge is 2.13. The number of benzene rings is 1. The van der Waals surface area contributed by atoms with Crippen LogP contribution < -0.4 is 0 Å². The first-order chi connectivity index (χ1) is 7.24. The third-order valence-electron chi connectivity index (χ3n) is 2.26. The van der Waals surface area contributed by atoms with Gasteiger partial charge in [-0.1, -0.05) is 37.3 Å². The SMILES string of the molecule is CC[C@H](O)[C@@H](O)COCc1ccccc1. The average Bonchev–Trinajstić information content (AvgIpc) is 2.29. The van der Waals surface area contributed by atoms with Crippen molar-refractivity contribution in [3.05, 3.63) is 35.9 Å². The van der Waals surface area contributed by atoms with E-state index in [2.05, 4.69) is 0 Å². The second kappa shape index (κ2) is 6.56. The number of hydrogen-bond acceptors (Lipinski definition) is 3. The Morgan fingerprint density at radius 3 is 2.40 bits per heavy atom. The van der Waals surface area contributed by atoms with Crippen LogP contribution >= 0.6 is 0 Å². The highest BCUT2D eigenvalue weighted by Crippen LogP contribution is 2.03. The molecule has 0 radical (unpaired) electrons. The lowest BCUT2D eigenvalue weighted by Crippen LogP contribution is -2.29. The quantitative estimate of drug-likeness (QED) is 0.745. The summed E-state index contributed by atoms with van der Waals surface area (Å²) >= 11 is 0. The van der Waals surface area contributed by atoms with E-state index in [1.807, 2.05) is 37.3 Å². The van der Waals surface area contributed by atoms with Gasteiger partial charge in [0.15, 0.2) is 0 Å². The number of aliphatic hydroxyl groups is 2. The summed E-state index contributed by atoms with van der Waals surface area (Å²) in [5, 5.41) is 18.7. The Morgan fingerprint density at radius 1 is 1.13 bits per heavy atom. The molecule has 0 aliphatic rings. The molecule has 1 rings (SSSR count). The molecular formula is C12H18O3. The van der Waals surface area contributed by atoms with E-state index in [0.717, 1.165) is 5.56 Å². The van der Waals surface area contributed by atoms with E-state index in [9.17, 15) is 10.2 Å². The maximum atomic E-state index is 9.42. The van der Waals surface area contributed by atoms with Crippen LogP contribution in [0.5, 0.6) is 0 Å². The lowest BCUT2D eigenvalue weighted by molar-refractivity contribution is -0.0429. The molecule has 0 heterocycles. The highest BCUT2D eigenvalue weighted by atomic mass is 16.5. The normalized spacial score (nSPS) is 14.9. The van der Waals surface area contributed by atoms with Gasteiger partial charge >= 0.3 is 0 Å². The molecule has 1 aromatic rings. The molecule has 0 unspecified atom stereocenters. The predicted molar refractivity (Wildman–Crippen MR) is 58.4 cm³/mol. The van der Waals surface area contributed by atoms with Crippen molar-refractivity contribution in [1.29, 1.82) is 0 Å². The van der Waals surface area contributed by atoms with Gasteiger partial charge in [-0.15, -0.1) is 0 Å². The van der Waals surface area contributed by atoms with Gasteiger partial charge in [0.2, 0.25) is 0 Å². The third-order valence-corrected chi connectivity index (χ3v) is 2.26. The first-order valence-electron chi connectivity index (χ1n) is 5.21. The second-order valence-electron chi connectivity index (χ2n) is 3.54. The summed E-state index contributed by atoms with van der Waals surface area (Å²) in [5.74, 6) is 0. The van der Waals surface area contributed by atoms with E-state index >= 15 is 0 Å². The Morgan fingerprint density at radius 2 is 1.80 bits per heavy atom. The highest BCUT2D eigenvalue weighted by molar-refractivity contribution is 5.13. The molecule has 0 aromatic heterocycles. The molecular weight excluding hydrogens is 192 g/mol. The summed E-state index contributed by atoms with van der Waals surface area (Å²) in [6.07, 6.45) is -0.949. The molecule has 3 nitrogen and oxygen atoms in total. The van der Waals surface area contributed by atoms with Crippen LogP contribution in [-0.4, -0.2) is 29.0 Å².